The van der Waals surface area contributed by atoms with Crippen molar-refractivity contribution >= 4 is 10.9 Å². The van der Waals surface area contributed by atoms with Gasteiger partial charge in [-0.3, -0.25) is 0 Å². The Morgan fingerprint density at radius 3 is 2.81 bits per heavy atom. The number of rotatable bonds is 9. The molecule has 1 N–H and O–H groups in total. The molecule has 5 rings (SSSR count). The Balaban J connectivity index is 1.33. The van der Waals surface area contributed by atoms with Crippen LogP contribution in [0, 0.1) is 12.3 Å². The topological polar surface area (TPSA) is 101 Å². The van der Waals surface area contributed by atoms with Crippen LogP contribution in [0.3, 0.4) is 0 Å². The molecule has 2 atom stereocenters. The Morgan fingerprint density at radius 2 is 2.08 bits per heavy atom. The molecule has 1 aliphatic heterocycles. The van der Waals surface area contributed by atoms with Crippen LogP contribution in [0.2, 0.25) is 0 Å². The van der Waals surface area contributed by atoms with Crippen molar-refractivity contribution < 1.29 is 19.3 Å². The number of fused-ring (bicyclic) bond motifs is 1. The molecule has 10 nitrogen and oxygen atoms in total. The molecule has 0 radical (unpaired) electrons. The van der Waals surface area contributed by atoms with Gasteiger partial charge in [-0.05, 0) is 49.8 Å². The molecule has 1 saturated heterocycles. The van der Waals surface area contributed by atoms with Gasteiger partial charge < -0.3 is 19.3 Å². The van der Waals surface area contributed by atoms with E-state index in [0.717, 1.165) is 47.9 Å². The van der Waals surface area contributed by atoms with Crippen molar-refractivity contribution in [3.05, 3.63) is 41.9 Å². The maximum absolute atomic E-state index is 9.25. The van der Waals surface area contributed by atoms with Gasteiger partial charge in [0.2, 0.25) is 11.8 Å². The number of benzene rings is 1. The lowest BCUT2D eigenvalue weighted by atomic mass is 10.1. The second-order valence-electron chi connectivity index (χ2n) is 9.30. The summed E-state index contributed by atoms with van der Waals surface area (Å²) in [6, 6.07) is 7.87. The first-order chi connectivity index (χ1) is 18.0. The number of hydrogen-bond donors (Lipinski definition) is 1. The molecule has 0 saturated carbocycles. The number of ether oxygens (including phenoxy) is 3. The molecule has 0 aliphatic carbocycles. The fraction of sp³-hybridized carbons (Fsp3) is 0.444. The minimum Gasteiger partial charge on any atom is -0.478 e. The maximum atomic E-state index is 9.25. The lowest BCUT2D eigenvalue weighted by Crippen LogP contribution is -2.19. The molecule has 0 amide bonds. The van der Waals surface area contributed by atoms with Gasteiger partial charge in [-0.15, -0.1) is 6.42 Å². The van der Waals surface area contributed by atoms with Crippen LogP contribution in [0.4, 0.5) is 0 Å². The van der Waals surface area contributed by atoms with Crippen LogP contribution < -0.4 is 9.47 Å². The van der Waals surface area contributed by atoms with Crippen LogP contribution in [0.25, 0.3) is 22.0 Å². The van der Waals surface area contributed by atoms with Gasteiger partial charge in [-0.2, -0.15) is 15.3 Å². The third-order valence-corrected chi connectivity index (χ3v) is 6.60. The van der Waals surface area contributed by atoms with Crippen molar-refractivity contribution in [3.8, 4) is 35.2 Å². The first-order valence-corrected chi connectivity index (χ1v) is 12.5. The summed E-state index contributed by atoms with van der Waals surface area (Å²) in [6.45, 7) is 3.06. The summed E-state index contributed by atoms with van der Waals surface area (Å²) >= 11 is 0. The molecular weight excluding hydrogens is 472 g/mol. The van der Waals surface area contributed by atoms with E-state index in [4.69, 9.17) is 20.6 Å². The van der Waals surface area contributed by atoms with Crippen LogP contribution in [0.5, 0.6) is 11.8 Å². The van der Waals surface area contributed by atoms with E-state index in [1.807, 2.05) is 30.8 Å². The molecule has 4 aromatic rings. The minimum atomic E-state index is -0.129. The van der Waals surface area contributed by atoms with E-state index in [1.165, 1.54) is 0 Å². The van der Waals surface area contributed by atoms with E-state index in [9.17, 15) is 5.11 Å². The number of nitrogens with zero attached hydrogens (tertiary/aromatic N) is 6. The number of aliphatic hydroxyl groups is 1. The molecule has 1 fully saturated rings. The van der Waals surface area contributed by atoms with Crippen molar-refractivity contribution in [1.29, 1.82) is 0 Å². The van der Waals surface area contributed by atoms with Gasteiger partial charge in [0.25, 0.3) is 0 Å². The van der Waals surface area contributed by atoms with Crippen molar-refractivity contribution in [3.63, 3.8) is 0 Å². The normalized spacial score (nSPS) is 16.6. The monoisotopic (exact) mass is 504 g/mol. The van der Waals surface area contributed by atoms with E-state index in [1.54, 1.807) is 28.7 Å². The molecule has 1 aliphatic rings. The molecule has 0 spiro atoms. The second kappa shape index (κ2) is 10.7. The van der Waals surface area contributed by atoms with Gasteiger partial charge in [-0.25, -0.2) is 14.0 Å². The number of hydrogen-bond acceptors (Lipinski definition) is 7. The molecule has 37 heavy (non-hydrogen) atoms. The average Bonchev–Trinajstić information content (AvgIpc) is 3.59. The number of aliphatic hydroxyl groups excluding tert-OH is 1. The lowest BCUT2D eigenvalue weighted by Gasteiger charge is -2.23. The van der Waals surface area contributed by atoms with Crippen LogP contribution >= 0.6 is 0 Å². The average molecular weight is 505 g/mol. The fourth-order valence-corrected chi connectivity index (χ4v) is 4.61. The third-order valence-electron chi connectivity index (χ3n) is 6.60. The quantitative estimate of drug-likeness (QED) is 0.348. The van der Waals surface area contributed by atoms with E-state index < -0.39 is 0 Å². The Labute approximate surface area is 215 Å². The maximum Gasteiger partial charge on any atom is 0.219 e. The van der Waals surface area contributed by atoms with Gasteiger partial charge >= 0.3 is 0 Å². The summed E-state index contributed by atoms with van der Waals surface area (Å²) < 4.78 is 23.4. The Morgan fingerprint density at radius 1 is 1.22 bits per heavy atom. The van der Waals surface area contributed by atoms with Crippen LogP contribution in [-0.2, 0) is 25.4 Å². The van der Waals surface area contributed by atoms with Crippen LogP contribution in [-0.4, -0.2) is 53.8 Å². The van der Waals surface area contributed by atoms with Crippen molar-refractivity contribution in [1.82, 2.24) is 29.3 Å². The number of aromatic nitrogens is 6. The van der Waals surface area contributed by atoms with Gasteiger partial charge in [-0.1, -0.05) is 6.07 Å². The zero-order chi connectivity index (χ0) is 25.9. The smallest absolute Gasteiger partial charge is 0.219 e. The van der Waals surface area contributed by atoms with Crippen molar-refractivity contribution in [2.24, 2.45) is 14.1 Å². The van der Waals surface area contributed by atoms with Crippen LogP contribution in [0.15, 0.2) is 30.5 Å². The van der Waals surface area contributed by atoms with E-state index >= 15 is 0 Å². The first-order valence-electron chi connectivity index (χ1n) is 12.5. The third kappa shape index (κ3) is 5.05. The fourth-order valence-electron chi connectivity index (χ4n) is 4.61. The van der Waals surface area contributed by atoms with Gasteiger partial charge in [0.1, 0.15) is 11.8 Å². The standard InChI is InChI=1S/C27H32N6O4/c1-5-23-21-14-19(9-10-24(21)33(30-23)25-8-6-7-12-35-25)22-16-28-32(4)27(22)37-18(2)11-13-36-26-15-20(17-34)29-31(26)3/h1,9-10,14-16,18,25,34H,6-8,11-13,17H2,2-4H3/t18-,25?/m0/s1. The Bertz CT molecular complexity index is 1420. The predicted octanol–water partition coefficient (Wildman–Crippen LogP) is 3.58. The van der Waals surface area contributed by atoms with E-state index in [-0.39, 0.29) is 18.9 Å². The van der Waals surface area contributed by atoms with E-state index in [2.05, 4.69) is 27.3 Å². The molecule has 1 unspecified atom stereocenters. The zero-order valence-electron chi connectivity index (χ0n) is 21.4. The highest BCUT2D eigenvalue weighted by Gasteiger charge is 2.22. The molecule has 194 valence electrons. The number of aryl methyl sites for hydroxylation is 2. The minimum absolute atomic E-state index is 0.0915. The summed E-state index contributed by atoms with van der Waals surface area (Å²) in [5.74, 6) is 4.01. The SMILES string of the molecule is C#Cc1nn(C2CCCCO2)c2ccc(-c3cnn(C)c3O[C@@H](C)CCOc3cc(CO)nn3C)cc12. The second-order valence-corrected chi connectivity index (χ2v) is 9.30. The van der Waals surface area contributed by atoms with E-state index in [0.29, 0.717) is 36.2 Å². The van der Waals surface area contributed by atoms with Crippen molar-refractivity contribution in [2.75, 3.05) is 13.2 Å². The highest BCUT2D eigenvalue weighted by molar-refractivity contribution is 5.89. The molecule has 1 aromatic carbocycles. The molecular formula is C27H32N6O4. The largest absolute Gasteiger partial charge is 0.478 e. The summed E-state index contributed by atoms with van der Waals surface area (Å²) in [5, 5.41) is 23.5. The van der Waals surface area contributed by atoms with Gasteiger partial charge in [0, 0.05) is 38.6 Å². The summed E-state index contributed by atoms with van der Waals surface area (Å²) in [5.41, 5.74) is 3.96. The van der Waals surface area contributed by atoms with Gasteiger partial charge in [0.05, 0.1) is 36.2 Å². The zero-order valence-corrected chi connectivity index (χ0v) is 21.4. The summed E-state index contributed by atoms with van der Waals surface area (Å²) in [4.78, 5) is 0. The summed E-state index contributed by atoms with van der Waals surface area (Å²) in [6.07, 6.45) is 11.2. The highest BCUT2D eigenvalue weighted by Crippen LogP contribution is 2.35. The molecule has 10 heteroatoms. The highest BCUT2D eigenvalue weighted by atomic mass is 16.5. The predicted molar refractivity (Wildman–Crippen MR) is 138 cm³/mol. The van der Waals surface area contributed by atoms with Gasteiger partial charge in [0.15, 0.2) is 6.23 Å². The molecule has 0 bridgehead atoms. The van der Waals surface area contributed by atoms with Crippen molar-refractivity contribution in [2.45, 2.75) is 51.5 Å². The molecule has 4 heterocycles. The lowest BCUT2D eigenvalue weighted by molar-refractivity contribution is -0.0367. The van der Waals surface area contributed by atoms with Crippen LogP contribution in [0.1, 0.15) is 50.2 Å². The Kier molecular flexibility index (Phi) is 7.17. The Hall–Kier alpha value is -3.81. The first kappa shape index (κ1) is 24.9. The molecule has 3 aromatic heterocycles. The number of terminal acetylenes is 1. The summed E-state index contributed by atoms with van der Waals surface area (Å²) in [7, 11) is 3.64.